The van der Waals surface area contributed by atoms with Crippen molar-refractivity contribution in [3.05, 3.63) is 53.7 Å². The standard InChI is InChI=1S/C38H49F3N12O12S/c1-20(2)30-35(61)50-23(10-7-15-44-37(42)52-36(62)38(39,40)41)32(58)46-19-28(54)48-25(16-29(55)56)34(60)49-24(33(59)51-30)9-5-6-14-43-31(57)22-12-13-27(45-17-22)53-47-18-21-8-3-4-11-26(21)66(63,64)65/h3-4,8,11-13,17,20,23-25,30H,5-7,9-10,14-16,18-19H2,1-2H3,(H,43,57)(H,46,58)(H,48,54)(H,49,60)(H,50,61)(H,51,59)(H,55,56)(H,63,64,65)(H3,42,44,52,62)/t23-,24-,25-,30+/m0/s1. The summed E-state index contributed by atoms with van der Waals surface area (Å²) < 4.78 is 70.2. The number of benzene rings is 1. The first-order valence-corrected chi connectivity index (χ1v) is 21.5. The predicted molar refractivity (Wildman–Crippen MR) is 223 cm³/mol. The molecule has 1 aromatic carbocycles. The van der Waals surface area contributed by atoms with E-state index >= 15 is 0 Å². The third-order valence-electron chi connectivity index (χ3n) is 9.28. The zero-order valence-electron chi connectivity index (χ0n) is 35.4. The number of unbranched alkanes of at least 4 members (excludes halogenated alkanes) is 1. The van der Waals surface area contributed by atoms with E-state index in [2.05, 4.69) is 52.1 Å². The maximum Gasteiger partial charge on any atom is 0.471 e. The van der Waals surface area contributed by atoms with Gasteiger partial charge >= 0.3 is 18.1 Å². The fourth-order valence-corrected chi connectivity index (χ4v) is 6.64. The summed E-state index contributed by atoms with van der Waals surface area (Å²) in [6, 6.07) is 2.54. The van der Waals surface area contributed by atoms with Gasteiger partial charge in [0.05, 0.1) is 30.0 Å². The van der Waals surface area contributed by atoms with Crippen molar-refractivity contribution in [2.24, 2.45) is 26.9 Å². The molecule has 24 nitrogen and oxygen atoms in total. The molecule has 4 atom stereocenters. The normalized spacial score (nSPS) is 19.4. The van der Waals surface area contributed by atoms with Crippen molar-refractivity contribution in [2.75, 3.05) is 19.6 Å². The average molecular weight is 955 g/mol. The molecule has 2 heterocycles. The lowest BCUT2D eigenvalue weighted by Crippen LogP contribution is -2.59. The van der Waals surface area contributed by atoms with Crippen LogP contribution in [-0.2, 0) is 50.2 Å². The van der Waals surface area contributed by atoms with Gasteiger partial charge < -0.3 is 42.7 Å². The van der Waals surface area contributed by atoms with Crippen LogP contribution in [0.5, 0.6) is 0 Å². The Balaban J connectivity index is 1.69. The number of halogens is 3. The molecule has 1 fully saturated rings. The molecule has 0 spiro atoms. The fourth-order valence-electron chi connectivity index (χ4n) is 5.93. The number of amides is 7. The largest absolute Gasteiger partial charge is 0.481 e. The van der Waals surface area contributed by atoms with Gasteiger partial charge in [0.25, 0.3) is 16.0 Å². The molecule has 28 heteroatoms. The summed E-state index contributed by atoms with van der Waals surface area (Å²) in [7, 11) is -4.48. The Bertz CT molecular complexity index is 2280. The second-order valence-electron chi connectivity index (χ2n) is 14.8. The van der Waals surface area contributed by atoms with Gasteiger partial charge in [-0.2, -0.15) is 26.7 Å². The smallest absolute Gasteiger partial charge is 0.471 e. The summed E-state index contributed by atoms with van der Waals surface area (Å²) in [6.45, 7) is 1.87. The van der Waals surface area contributed by atoms with Crippen molar-refractivity contribution in [1.29, 1.82) is 0 Å². The van der Waals surface area contributed by atoms with Gasteiger partial charge in [0.15, 0.2) is 11.8 Å². The van der Waals surface area contributed by atoms with Gasteiger partial charge in [0, 0.05) is 19.3 Å². The molecule has 2 aromatic rings. The van der Waals surface area contributed by atoms with Crippen LogP contribution in [0.15, 0.2) is 62.7 Å². The number of hydrogen-bond donors (Lipinski definition) is 10. The number of nitrogens with zero attached hydrogens (tertiary/aromatic N) is 4. The Hall–Kier alpha value is -7.10. The van der Waals surface area contributed by atoms with Crippen molar-refractivity contribution in [3.8, 4) is 0 Å². The molecule has 1 aliphatic rings. The second kappa shape index (κ2) is 24.8. The molecule has 66 heavy (non-hydrogen) atoms. The van der Waals surface area contributed by atoms with Crippen LogP contribution in [0.1, 0.15) is 68.3 Å². The highest BCUT2D eigenvalue weighted by Gasteiger charge is 2.39. The van der Waals surface area contributed by atoms with Gasteiger partial charge in [-0.25, -0.2) is 4.98 Å². The third-order valence-corrected chi connectivity index (χ3v) is 10.2. The van der Waals surface area contributed by atoms with E-state index in [0.717, 1.165) is 0 Å². The summed E-state index contributed by atoms with van der Waals surface area (Å²) >= 11 is 0. The van der Waals surface area contributed by atoms with Crippen LogP contribution >= 0.6 is 0 Å². The molecule has 360 valence electrons. The van der Waals surface area contributed by atoms with Gasteiger partial charge in [-0.1, -0.05) is 32.0 Å². The Morgan fingerprint density at radius 3 is 2.18 bits per heavy atom. The molecule has 1 aromatic heterocycles. The maximum absolute atomic E-state index is 13.7. The number of carboxylic acid groups (broad SMARTS) is 1. The van der Waals surface area contributed by atoms with Crippen LogP contribution in [-0.4, -0.2) is 126 Å². The Morgan fingerprint density at radius 2 is 1.55 bits per heavy atom. The van der Waals surface area contributed by atoms with E-state index in [4.69, 9.17) is 5.73 Å². The number of aliphatic carboxylic acids is 1. The summed E-state index contributed by atoms with van der Waals surface area (Å²) in [5, 5.41) is 33.2. The Kier molecular flexibility index (Phi) is 20.0. The summed E-state index contributed by atoms with van der Waals surface area (Å²) in [5.74, 6) is -10.6. The molecule has 0 bridgehead atoms. The zero-order chi connectivity index (χ0) is 49.2. The number of azo groups is 1. The molecule has 1 aliphatic heterocycles. The number of aromatic nitrogens is 1. The SMILES string of the molecule is CC(C)[C@H]1NC(=O)[C@H](CCCCNC(=O)c2ccc(N=NCc3ccccc3S(=O)(=O)O)nc2)NC(=O)[C@H](CC(=O)O)NC(=O)CNC(=O)[C@H](CCCN=C(N)NC(=O)C(F)(F)F)NC1=O. The van der Waals surface area contributed by atoms with E-state index in [1.165, 1.54) is 41.8 Å². The van der Waals surface area contributed by atoms with Crippen LogP contribution < -0.4 is 43.0 Å². The topological polar surface area (TPSA) is 371 Å². The van der Waals surface area contributed by atoms with E-state index in [9.17, 15) is 69.6 Å². The molecule has 7 amide bonds. The number of carbonyl (C=O) groups excluding carboxylic acids is 7. The van der Waals surface area contributed by atoms with Crippen molar-refractivity contribution in [3.63, 3.8) is 0 Å². The third kappa shape index (κ3) is 17.8. The molecule has 0 unspecified atom stereocenters. The quantitative estimate of drug-likeness (QED) is 0.0314. The lowest BCUT2D eigenvalue weighted by molar-refractivity contribution is -0.171. The number of carbonyl (C=O) groups is 8. The molecule has 11 N–H and O–H groups in total. The second-order valence-corrected chi connectivity index (χ2v) is 16.2. The molecular weight excluding hydrogens is 906 g/mol. The number of aliphatic imine (C=N–C) groups is 1. The van der Waals surface area contributed by atoms with Gasteiger partial charge in [0.2, 0.25) is 29.5 Å². The van der Waals surface area contributed by atoms with Crippen LogP contribution in [0.25, 0.3) is 0 Å². The van der Waals surface area contributed by atoms with Crippen molar-refractivity contribution in [2.45, 2.75) is 94.2 Å². The Labute approximate surface area is 374 Å². The van der Waals surface area contributed by atoms with Gasteiger partial charge in [-0.3, -0.25) is 53.2 Å². The minimum atomic E-state index is -5.23. The highest BCUT2D eigenvalue weighted by molar-refractivity contribution is 7.85. The van der Waals surface area contributed by atoms with Crippen molar-refractivity contribution >= 4 is 69.2 Å². The first-order valence-electron chi connectivity index (χ1n) is 20.0. The lowest BCUT2D eigenvalue weighted by Gasteiger charge is -2.27. The van der Waals surface area contributed by atoms with Gasteiger partial charge in [0.1, 0.15) is 24.2 Å². The predicted octanol–water partition coefficient (Wildman–Crippen LogP) is -0.515. The number of carboxylic acids is 1. The van der Waals surface area contributed by atoms with E-state index < -0.39 is 113 Å². The highest BCUT2D eigenvalue weighted by Crippen LogP contribution is 2.18. The van der Waals surface area contributed by atoms with E-state index in [0.29, 0.717) is 0 Å². The summed E-state index contributed by atoms with van der Waals surface area (Å²) in [4.78, 5) is 110. The molecule has 0 saturated carbocycles. The Morgan fingerprint density at radius 1 is 0.894 bits per heavy atom. The zero-order valence-corrected chi connectivity index (χ0v) is 36.2. The van der Waals surface area contributed by atoms with Crippen LogP contribution in [0.4, 0.5) is 19.0 Å². The van der Waals surface area contributed by atoms with Crippen molar-refractivity contribution < 1.29 is 69.6 Å². The monoisotopic (exact) mass is 954 g/mol. The van der Waals surface area contributed by atoms with Crippen molar-refractivity contribution in [1.82, 2.24) is 42.2 Å². The van der Waals surface area contributed by atoms with Crippen LogP contribution in [0, 0.1) is 5.92 Å². The van der Waals surface area contributed by atoms with Crippen LogP contribution in [0.2, 0.25) is 0 Å². The van der Waals surface area contributed by atoms with Crippen LogP contribution in [0.3, 0.4) is 0 Å². The van der Waals surface area contributed by atoms with Gasteiger partial charge in [-0.15, -0.1) is 5.11 Å². The van der Waals surface area contributed by atoms with E-state index in [1.54, 1.807) is 19.9 Å². The number of nitrogens with two attached hydrogens (primary N) is 1. The van der Waals surface area contributed by atoms with E-state index in [1.807, 2.05) is 0 Å². The fraction of sp³-hybridized carbons (Fsp3) is 0.474. The number of nitrogens with one attached hydrogen (secondary N) is 7. The summed E-state index contributed by atoms with van der Waals surface area (Å²) in [6.07, 6.45) is -5.00. The molecule has 1 saturated heterocycles. The number of guanidine groups is 1. The minimum absolute atomic E-state index is 0.0625. The maximum atomic E-state index is 13.7. The minimum Gasteiger partial charge on any atom is -0.481 e. The number of pyridine rings is 1. The number of alkyl halides is 3. The number of rotatable bonds is 17. The average Bonchev–Trinajstić information content (AvgIpc) is 3.23. The van der Waals surface area contributed by atoms with E-state index in [-0.39, 0.29) is 73.6 Å². The molecule has 0 aliphatic carbocycles. The number of hydrogen-bond acceptors (Lipinski definition) is 14. The molecule has 3 rings (SSSR count). The highest BCUT2D eigenvalue weighted by atomic mass is 32.2. The first-order chi connectivity index (χ1) is 31.0. The molecule has 0 radical (unpaired) electrons. The lowest BCUT2D eigenvalue weighted by atomic mass is 10.0. The first kappa shape index (κ1) is 53.2. The molecular formula is C38H49F3N12O12S. The van der Waals surface area contributed by atoms with Gasteiger partial charge in [-0.05, 0) is 61.8 Å². The summed E-state index contributed by atoms with van der Waals surface area (Å²) in [5.41, 5.74) is 5.67.